The number of hydrogen-bond acceptors (Lipinski definition) is 8. The van der Waals surface area contributed by atoms with Crippen molar-refractivity contribution in [1.29, 1.82) is 0 Å². The van der Waals surface area contributed by atoms with Crippen molar-refractivity contribution in [3.63, 3.8) is 0 Å². The molecule has 2 aliphatic heterocycles. The van der Waals surface area contributed by atoms with Gasteiger partial charge in [-0.05, 0) is 23.7 Å². The van der Waals surface area contributed by atoms with Gasteiger partial charge >= 0.3 is 6.18 Å². The van der Waals surface area contributed by atoms with Gasteiger partial charge in [-0.15, -0.1) is 0 Å². The van der Waals surface area contributed by atoms with E-state index in [-0.39, 0.29) is 17.8 Å². The second-order valence-electron chi connectivity index (χ2n) is 9.19. The molecule has 2 aromatic heterocycles. The van der Waals surface area contributed by atoms with Crippen molar-refractivity contribution in [3.05, 3.63) is 71.5 Å². The summed E-state index contributed by atoms with van der Waals surface area (Å²) in [5.41, 5.74) is 0.975. The number of alkyl halides is 3. The van der Waals surface area contributed by atoms with Crippen molar-refractivity contribution in [2.75, 3.05) is 49.7 Å². The average molecular weight is 514 g/mol. The number of benzene rings is 1. The Balaban J connectivity index is 1.32. The van der Waals surface area contributed by atoms with Gasteiger partial charge in [0, 0.05) is 51.5 Å². The average Bonchev–Trinajstić information content (AvgIpc) is 3.40. The van der Waals surface area contributed by atoms with E-state index in [2.05, 4.69) is 37.0 Å². The molecule has 0 unspecified atom stereocenters. The van der Waals surface area contributed by atoms with E-state index < -0.39 is 11.7 Å². The van der Waals surface area contributed by atoms with E-state index in [0.29, 0.717) is 18.8 Å². The molecular formula is C26H30F3N7O. The fourth-order valence-electron chi connectivity index (χ4n) is 4.69. The van der Waals surface area contributed by atoms with E-state index in [4.69, 9.17) is 4.84 Å². The summed E-state index contributed by atoms with van der Waals surface area (Å²) < 4.78 is 41.6. The van der Waals surface area contributed by atoms with E-state index in [1.54, 1.807) is 12.3 Å². The first kappa shape index (κ1) is 25.4. The number of nitrogens with zero attached hydrogens (tertiary/aromatic N) is 6. The van der Waals surface area contributed by atoms with Crippen LogP contribution >= 0.6 is 0 Å². The summed E-state index contributed by atoms with van der Waals surface area (Å²) in [5, 5.41) is 4.19. The highest BCUT2D eigenvalue weighted by Crippen LogP contribution is 2.41. The lowest BCUT2D eigenvalue weighted by Crippen LogP contribution is -2.45. The summed E-state index contributed by atoms with van der Waals surface area (Å²) in [7, 11) is 0. The molecule has 4 heterocycles. The Bertz CT molecular complexity index is 1170. The predicted octanol–water partition coefficient (Wildman–Crippen LogP) is 4.65. The number of piperazine rings is 1. The van der Waals surface area contributed by atoms with Crippen LogP contribution in [0, 0.1) is 0 Å². The Kier molecular flexibility index (Phi) is 7.54. The van der Waals surface area contributed by atoms with Crippen LogP contribution in [0.1, 0.15) is 36.1 Å². The van der Waals surface area contributed by atoms with Crippen LogP contribution in [0.4, 0.5) is 30.8 Å². The van der Waals surface area contributed by atoms with E-state index in [1.807, 2.05) is 36.4 Å². The molecule has 5 rings (SSSR count). The summed E-state index contributed by atoms with van der Waals surface area (Å²) in [4.78, 5) is 23.0. The molecule has 0 radical (unpaired) electrons. The number of anilines is 3. The molecule has 0 aliphatic carbocycles. The van der Waals surface area contributed by atoms with E-state index in [9.17, 15) is 13.2 Å². The molecule has 2 saturated heterocycles. The SMILES string of the molecule is CCN1CCN(Cc2ccc(Nc3ncc(C(F)(F)F)c(N4OCC[C@H]4c4ccccc4)n3)nc2)CC1. The van der Waals surface area contributed by atoms with Crippen molar-refractivity contribution in [1.82, 2.24) is 24.8 Å². The molecule has 1 N–H and O–H groups in total. The third kappa shape index (κ3) is 6.00. The zero-order valence-corrected chi connectivity index (χ0v) is 20.7. The predicted molar refractivity (Wildman–Crippen MR) is 134 cm³/mol. The molecule has 2 aliphatic rings. The van der Waals surface area contributed by atoms with Crippen LogP contribution in [0.2, 0.25) is 0 Å². The molecule has 0 amide bonds. The highest BCUT2D eigenvalue weighted by molar-refractivity contribution is 5.55. The zero-order chi connectivity index (χ0) is 25.8. The third-order valence-corrected chi connectivity index (χ3v) is 6.75. The first-order chi connectivity index (χ1) is 17.9. The number of rotatable bonds is 7. The van der Waals surface area contributed by atoms with Crippen molar-refractivity contribution >= 4 is 17.6 Å². The molecule has 11 heteroatoms. The minimum absolute atomic E-state index is 0.0150. The lowest BCUT2D eigenvalue weighted by molar-refractivity contribution is -0.138. The number of hydrogen-bond donors (Lipinski definition) is 1. The molecule has 0 spiro atoms. The van der Waals surface area contributed by atoms with Crippen LogP contribution < -0.4 is 10.4 Å². The molecule has 0 bridgehead atoms. The standard InChI is InChI=1S/C26H30F3N7O/c1-2-34-11-13-35(14-12-34)18-19-8-9-23(30-16-19)32-25-31-17-21(26(27,28)29)24(33-25)36-22(10-15-37-36)20-6-4-3-5-7-20/h3-9,16-17,22H,2,10-15,18H2,1H3,(H,30,31,32,33)/t22-/m0/s1. The first-order valence-electron chi connectivity index (χ1n) is 12.5. The largest absolute Gasteiger partial charge is 0.421 e. The van der Waals surface area contributed by atoms with Crippen LogP contribution in [0.5, 0.6) is 0 Å². The number of pyridine rings is 1. The quantitative estimate of drug-likeness (QED) is 0.490. The van der Waals surface area contributed by atoms with Gasteiger partial charge in [-0.1, -0.05) is 43.3 Å². The second kappa shape index (κ2) is 11.0. The third-order valence-electron chi connectivity index (χ3n) is 6.75. The number of likely N-dealkylation sites (N-methyl/N-ethyl adjacent to an activating group) is 1. The summed E-state index contributed by atoms with van der Waals surface area (Å²) >= 11 is 0. The van der Waals surface area contributed by atoms with Gasteiger partial charge in [0.1, 0.15) is 11.4 Å². The van der Waals surface area contributed by atoms with Crippen LogP contribution in [-0.4, -0.2) is 64.1 Å². The van der Waals surface area contributed by atoms with Crippen LogP contribution in [0.15, 0.2) is 54.9 Å². The maximum Gasteiger partial charge on any atom is 0.421 e. The van der Waals surface area contributed by atoms with Gasteiger partial charge in [-0.25, -0.2) is 15.0 Å². The molecule has 3 aromatic rings. The number of aromatic nitrogens is 3. The Hall–Kier alpha value is -3.28. The summed E-state index contributed by atoms with van der Waals surface area (Å²) in [5.74, 6) is 0.146. The number of nitrogens with one attached hydrogen (secondary N) is 1. The maximum absolute atomic E-state index is 13.9. The van der Waals surface area contributed by atoms with Crippen LogP contribution in [-0.2, 0) is 17.6 Å². The number of hydroxylamine groups is 1. The second-order valence-corrected chi connectivity index (χ2v) is 9.19. The van der Waals surface area contributed by atoms with Crippen molar-refractivity contribution in [3.8, 4) is 0 Å². The van der Waals surface area contributed by atoms with Crippen molar-refractivity contribution in [2.24, 2.45) is 0 Å². The van der Waals surface area contributed by atoms with Gasteiger partial charge in [-0.3, -0.25) is 9.74 Å². The first-order valence-corrected chi connectivity index (χ1v) is 12.5. The Morgan fingerprint density at radius 3 is 2.41 bits per heavy atom. The van der Waals surface area contributed by atoms with Gasteiger partial charge < -0.3 is 10.2 Å². The molecule has 1 atom stereocenters. The fourth-order valence-corrected chi connectivity index (χ4v) is 4.69. The van der Waals surface area contributed by atoms with Gasteiger partial charge in [0.15, 0.2) is 5.82 Å². The van der Waals surface area contributed by atoms with E-state index in [1.165, 1.54) is 5.06 Å². The normalized spacial score (nSPS) is 19.4. The van der Waals surface area contributed by atoms with Gasteiger partial charge in [0.05, 0.1) is 12.6 Å². The fraction of sp³-hybridized carbons (Fsp3) is 0.423. The smallest absolute Gasteiger partial charge is 0.309 e. The van der Waals surface area contributed by atoms with Gasteiger partial charge in [0.25, 0.3) is 0 Å². The zero-order valence-electron chi connectivity index (χ0n) is 20.7. The lowest BCUT2D eigenvalue weighted by atomic mass is 10.0. The van der Waals surface area contributed by atoms with E-state index in [0.717, 1.165) is 56.6 Å². The van der Waals surface area contributed by atoms with Crippen molar-refractivity contribution in [2.45, 2.75) is 32.1 Å². The molecule has 0 saturated carbocycles. The van der Waals surface area contributed by atoms with Gasteiger partial charge in [0.2, 0.25) is 5.95 Å². The van der Waals surface area contributed by atoms with Crippen LogP contribution in [0.3, 0.4) is 0 Å². The molecule has 196 valence electrons. The van der Waals surface area contributed by atoms with Gasteiger partial charge in [-0.2, -0.15) is 18.2 Å². The topological polar surface area (TPSA) is 69.7 Å². The number of halogens is 3. The highest BCUT2D eigenvalue weighted by atomic mass is 19.4. The minimum atomic E-state index is -4.64. The monoisotopic (exact) mass is 513 g/mol. The Morgan fingerprint density at radius 1 is 0.973 bits per heavy atom. The molecular weight excluding hydrogens is 483 g/mol. The summed E-state index contributed by atoms with van der Waals surface area (Å²) in [6.45, 7) is 8.48. The molecule has 1 aromatic carbocycles. The Morgan fingerprint density at radius 2 is 1.73 bits per heavy atom. The summed E-state index contributed by atoms with van der Waals surface area (Å²) in [6.07, 6.45) is -1.53. The minimum Gasteiger partial charge on any atom is -0.309 e. The summed E-state index contributed by atoms with van der Waals surface area (Å²) in [6, 6.07) is 12.7. The Labute approximate surface area is 214 Å². The molecule has 37 heavy (non-hydrogen) atoms. The van der Waals surface area contributed by atoms with Crippen LogP contribution in [0.25, 0.3) is 0 Å². The highest BCUT2D eigenvalue weighted by Gasteiger charge is 2.40. The molecule has 8 nitrogen and oxygen atoms in total. The van der Waals surface area contributed by atoms with Crippen molar-refractivity contribution < 1.29 is 18.0 Å². The lowest BCUT2D eigenvalue weighted by Gasteiger charge is -2.33. The molecule has 2 fully saturated rings. The van der Waals surface area contributed by atoms with E-state index >= 15 is 0 Å². The maximum atomic E-state index is 13.9.